The van der Waals surface area contributed by atoms with Gasteiger partial charge in [0, 0.05) is 14.7 Å². The zero-order valence-electron chi connectivity index (χ0n) is 12.0. The Morgan fingerprint density at radius 3 is 2.80 bits per heavy atom. The van der Waals surface area contributed by atoms with Gasteiger partial charge in [-0.2, -0.15) is 0 Å². The number of rotatable bonds is 5. The fourth-order valence-electron chi connectivity index (χ4n) is 1.79. The first-order chi connectivity index (χ1) is 9.38. The number of aromatic nitrogens is 2. The van der Waals surface area contributed by atoms with Crippen molar-refractivity contribution in [3.8, 4) is 0 Å². The second kappa shape index (κ2) is 5.84. The predicted octanol–water partition coefficient (Wildman–Crippen LogP) is 2.85. The van der Waals surface area contributed by atoms with E-state index >= 15 is 0 Å². The van der Waals surface area contributed by atoms with Gasteiger partial charge in [0.05, 0.1) is 5.52 Å². The van der Waals surface area contributed by atoms with Gasteiger partial charge in [-0.25, -0.2) is 9.37 Å². The van der Waals surface area contributed by atoms with Gasteiger partial charge in [0.25, 0.3) is 5.56 Å². The maximum atomic E-state index is 13.7. The van der Waals surface area contributed by atoms with Gasteiger partial charge in [-0.3, -0.25) is 9.36 Å². The molecule has 0 atom stereocenters. The first-order valence-corrected chi connectivity index (χ1v) is 10.3. The minimum absolute atomic E-state index is 0.0174. The molecule has 0 saturated heterocycles. The Morgan fingerprint density at radius 2 is 2.10 bits per heavy atom. The predicted molar refractivity (Wildman–Crippen MR) is 80.1 cm³/mol. The molecule has 1 aromatic heterocycles. The summed E-state index contributed by atoms with van der Waals surface area (Å²) in [6, 6.07) is 5.45. The van der Waals surface area contributed by atoms with Gasteiger partial charge < -0.3 is 4.74 Å². The first-order valence-electron chi connectivity index (χ1n) is 6.60. The van der Waals surface area contributed by atoms with Gasteiger partial charge in [0.1, 0.15) is 24.3 Å². The molecule has 0 amide bonds. The lowest BCUT2D eigenvalue weighted by atomic mass is 10.2. The molecule has 6 heteroatoms. The van der Waals surface area contributed by atoms with Gasteiger partial charge in [0.2, 0.25) is 0 Å². The van der Waals surface area contributed by atoms with Crippen LogP contribution in [0, 0.1) is 5.82 Å². The summed E-state index contributed by atoms with van der Waals surface area (Å²) in [6.45, 7) is 7.50. The van der Waals surface area contributed by atoms with Gasteiger partial charge in [-0.1, -0.05) is 25.7 Å². The Kier molecular flexibility index (Phi) is 4.34. The second-order valence-electron chi connectivity index (χ2n) is 6.00. The highest BCUT2D eigenvalue weighted by molar-refractivity contribution is 6.76. The van der Waals surface area contributed by atoms with Crippen LogP contribution in [0.1, 0.15) is 0 Å². The molecular weight excluding hydrogens is 275 g/mol. The molecule has 2 aromatic rings. The second-order valence-corrected chi connectivity index (χ2v) is 11.6. The van der Waals surface area contributed by atoms with E-state index in [9.17, 15) is 9.18 Å². The van der Waals surface area contributed by atoms with Crippen molar-refractivity contribution in [2.45, 2.75) is 32.4 Å². The fraction of sp³-hybridized carbons (Fsp3) is 0.429. The Morgan fingerprint density at radius 1 is 1.35 bits per heavy atom. The van der Waals surface area contributed by atoms with E-state index in [2.05, 4.69) is 24.6 Å². The molecule has 0 unspecified atom stereocenters. The average molecular weight is 294 g/mol. The third kappa shape index (κ3) is 3.52. The van der Waals surface area contributed by atoms with Crippen LogP contribution in [0.4, 0.5) is 4.39 Å². The summed E-state index contributed by atoms with van der Waals surface area (Å²) in [4.78, 5) is 16.2. The number of fused-ring (bicyclic) bond motifs is 1. The van der Waals surface area contributed by atoms with Gasteiger partial charge in [0.15, 0.2) is 0 Å². The Bertz CT molecular complexity index is 664. The summed E-state index contributed by atoms with van der Waals surface area (Å²) in [5.41, 5.74) is -0.0329. The smallest absolute Gasteiger partial charge is 0.266 e. The molecule has 4 nitrogen and oxygen atoms in total. The molecule has 2 rings (SSSR count). The zero-order chi connectivity index (χ0) is 14.8. The molecule has 0 radical (unpaired) electrons. The summed E-state index contributed by atoms with van der Waals surface area (Å²) < 4.78 is 20.5. The van der Waals surface area contributed by atoms with Crippen molar-refractivity contribution in [3.63, 3.8) is 0 Å². The lowest BCUT2D eigenvalue weighted by molar-refractivity contribution is 0.0844. The van der Waals surface area contributed by atoms with E-state index in [1.165, 1.54) is 17.0 Å². The highest BCUT2D eigenvalue weighted by atomic mass is 28.3. The lowest BCUT2D eigenvalue weighted by Crippen LogP contribution is -2.25. The zero-order valence-corrected chi connectivity index (χ0v) is 13.0. The maximum Gasteiger partial charge on any atom is 0.266 e. The van der Waals surface area contributed by atoms with E-state index in [0.717, 1.165) is 6.04 Å². The summed E-state index contributed by atoms with van der Waals surface area (Å²) >= 11 is 0. The van der Waals surface area contributed by atoms with Crippen molar-refractivity contribution in [2.75, 3.05) is 6.61 Å². The van der Waals surface area contributed by atoms with Crippen molar-refractivity contribution in [3.05, 3.63) is 40.7 Å². The molecule has 1 aromatic carbocycles. The van der Waals surface area contributed by atoms with Crippen LogP contribution in [-0.2, 0) is 11.5 Å². The van der Waals surface area contributed by atoms with Crippen molar-refractivity contribution in [1.29, 1.82) is 0 Å². The maximum absolute atomic E-state index is 13.7. The SMILES string of the molecule is C[Si](C)(C)CCOCn1cnc2cccc(F)c2c1=O. The number of hydrogen-bond acceptors (Lipinski definition) is 3. The molecule has 20 heavy (non-hydrogen) atoms. The molecular formula is C14H19FN2O2Si. The highest BCUT2D eigenvalue weighted by Gasteiger charge is 2.13. The Labute approximate surface area is 118 Å². The van der Waals surface area contributed by atoms with Crippen LogP contribution in [0.5, 0.6) is 0 Å². The van der Waals surface area contributed by atoms with Crippen LogP contribution in [-0.4, -0.2) is 24.2 Å². The molecule has 0 bridgehead atoms. The fourth-order valence-corrected chi connectivity index (χ4v) is 2.55. The van der Waals surface area contributed by atoms with E-state index in [0.29, 0.717) is 12.1 Å². The van der Waals surface area contributed by atoms with E-state index in [4.69, 9.17) is 4.74 Å². The summed E-state index contributed by atoms with van der Waals surface area (Å²) in [5.74, 6) is -0.545. The molecule has 1 heterocycles. The molecule has 0 N–H and O–H groups in total. The molecule has 0 fully saturated rings. The molecule has 0 spiro atoms. The standard InChI is InChI=1S/C14H19FN2O2Si/c1-20(2,3)8-7-19-10-17-9-16-12-6-4-5-11(15)13(12)14(17)18/h4-6,9H,7-8,10H2,1-3H3. The molecule has 0 aliphatic carbocycles. The topological polar surface area (TPSA) is 44.1 Å². The molecule has 108 valence electrons. The third-order valence-electron chi connectivity index (χ3n) is 3.03. The number of nitrogens with zero attached hydrogens (tertiary/aromatic N) is 2. The number of hydrogen-bond donors (Lipinski definition) is 0. The van der Waals surface area contributed by atoms with E-state index in [1.807, 2.05) is 0 Å². The van der Waals surface area contributed by atoms with Crippen LogP contribution in [0.2, 0.25) is 25.7 Å². The van der Waals surface area contributed by atoms with E-state index in [-0.39, 0.29) is 12.1 Å². The quantitative estimate of drug-likeness (QED) is 0.629. The Balaban J connectivity index is 2.14. The van der Waals surface area contributed by atoms with Crippen molar-refractivity contribution < 1.29 is 9.13 Å². The Hall–Kier alpha value is -1.53. The van der Waals surface area contributed by atoms with Gasteiger partial charge in [-0.15, -0.1) is 0 Å². The van der Waals surface area contributed by atoms with Crippen LogP contribution < -0.4 is 5.56 Å². The highest BCUT2D eigenvalue weighted by Crippen LogP contribution is 2.11. The van der Waals surface area contributed by atoms with Crippen LogP contribution in [0.3, 0.4) is 0 Å². The number of ether oxygens (including phenoxy) is 1. The third-order valence-corrected chi connectivity index (χ3v) is 4.73. The number of halogens is 1. The van der Waals surface area contributed by atoms with Crippen LogP contribution in [0.25, 0.3) is 10.9 Å². The largest absolute Gasteiger partial charge is 0.361 e. The number of benzene rings is 1. The van der Waals surface area contributed by atoms with E-state index < -0.39 is 19.5 Å². The molecule has 0 aliphatic heterocycles. The first kappa shape index (κ1) is 14.9. The molecule has 0 aliphatic rings. The average Bonchev–Trinajstić information content (AvgIpc) is 2.35. The van der Waals surface area contributed by atoms with Gasteiger partial charge >= 0.3 is 0 Å². The minimum atomic E-state index is -1.15. The summed E-state index contributed by atoms with van der Waals surface area (Å²) in [5, 5.41) is 0.0174. The van der Waals surface area contributed by atoms with Crippen LogP contribution in [0.15, 0.2) is 29.3 Å². The van der Waals surface area contributed by atoms with Crippen LogP contribution >= 0.6 is 0 Å². The molecule has 0 saturated carbocycles. The minimum Gasteiger partial charge on any atom is -0.361 e. The lowest BCUT2D eigenvalue weighted by Gasteiger charge is -2.15. The van der Waals surface area contributed by atoms with Crippen molar-refractivity contribution >= 4 is 19.0 Å². The monoisotopic (exact) mass is 294 g/mol. The summed E-state index contributed by atoms with van der Waals surface area (Å²) in [6.07, 6.45) is 1.40. The van der Waals surface area contributed by atoms with Crippen molar-refractivity contribution in [2.24, 2.45) is 0 Å². The summed E-state index contributed by atoms with van der Waals surface area (Å²) in [7, 11) is -1.15. The normalized spacial score (nSPS) is 12.0. The van der Waals surface area contributed by atoms with Crippen molar-refractivity contribution in [1.82, 2.24) is 9.55 Å². The van der Waals surface area contributed by atoms with E-state index in [1.54, 1.807) is 12.1 Å². The van der Waals surface area contributed by atoms with Gasteiger partial charge in [-0.05, 0) is 18.2 Å².